The average Bonchev–Trinajstić information content (AvgIpc) is 2.35. The van der Waals surface area contributed by atoms with Crippen molar-refractivity contribution in [1.29, 1.82) is 0 Å². The van der Waals surface area contributed by atoms with E-state index in [4.69, 9.17) is 0 Å². The van der Waals surface area contributed by atoms with Crippen molar-refractivity contribution in [3.8, 4) is 0 Å². The van der Waals surface area contributed by atoms with E-state index >= 15 is 0 Å². The quantitative estimate of drug-likeness (QED) is 0.785. The van der Waals surface area contributed by atoms with Gasteiger partial charge in [0.2, 0.25) is 5.91 Å². The first-order valence-corrected chi connectivity index (χ1v) is 6.81. The van der Waals surface area contributed by atoms with Gasteiger partial charge < -0.3 is 10.6 Å². The molecule has 0 heterocycles. The van der Waals surface area contributed by atoms with Crippen LogP contribution in [0.5, 0.6) is 0 Å². The highest BCUT2D eigenvalue weighted by Crippen LogP contribution is 2.21. The van der Waals surface area contributed by atoms with Gasteiger partial charge in [0.1, 0.15) is 11.6 Å². The van der Waals surface area contributed by atoms with E-state index in [2.05, 4.69) is 26.6 Å². The van der Waals surface area contributed by atoms with Crippen LogP contribution in [0.1, 0.15) is 19.4 Å². The molecule has 3 nitrogen and oxygen atoms in total. The van der Waals surface area contributed by atoms with Gasteiger partial charge in [-0.3, -0.25) is 4.79 Å². The van der Waals surface area contributed by atoms with Crippen molar-refractivity contribution >= 4 is 21.8 Å². The maximum absolute atomic E-state index is 13.6. The minimum Gasteiger partial charge on any atom is -0.355 e. The zero-order valence-corrected chi connectivity index (χ0v) is 12.5. The highest BCUT2D eigenvalue weighted by atomic mass is 79.9. The number of hydrogen-bond donors (Lipinski definition) is 2. The number of rotatable bonds is 6. The van der Waals surface area contributed by atoms with Crippen molar-refractivity contribution in [3.63, 3.8) is 0 Å². The van der Waals surface area contributed by atoms with E-state index in [-0.39, 0.29) is 29.0 Å². The molecule has 1 rings (SSSR count). The molecule has 0 aliphatic carbocycles. The summed E-state index contributed by atoms with van der Waals surface area (Å²) in [6, 6.07) is 2.49. The minimum absolute atomic E-state index is 0.0259. The summed E-state index contributed by atoms with van der Waals surface area (Å²) < 4.78 is 27.2. The fourth-order valence-electron chi connectivity index (χ4n) is 1.41. The third kappa shape index (κ3) is 5.24. The largest absolute Gasteiger partial charge is 0.355 e. The van der Waals surface area contributed by atoms with Crippen molar-refractivity contribution in [3.05, 3.63) is 33.8 Å². The van der Waals surface area contributed by atoms with Gasteiger partial charge in [0.15, 0.2) is 0 Å². The number of halogens is 3. The summed E-state index contributed by atoms with van der Waals surface area (Å²) >= 11 is 2.99. The van der Waals surface area contributed by atoms with Gasteiger partial charge in [0, 0.05) is 18.7 Å². The molecule has 2 N–H and O–H groups in total. The molecule has 1 aromatic carbocycles. The molecule has 0 bridgehead atoms. The van der Waals surface area contributed by atoms with Crippen LogP contribution in [0.3, 0.4) is 0 Å². The summed E-state index contributed by atoms with van der Waals surface area (Å²) in [7, 11) is 0. The maximum atomic E-state index is 13.6. The van der Waals surface area contributed by atoms with E-state index in [0.717, 1.165) is 0 Å². The number of carbonyl (C=O) groups excluding carboxylic acids is 1. The smallest absolute Gasteiger partial charge is 0.233 e. The van der Waals surface area contributed by atoms with Gasteiger partial charge in [-0.15, -0.1) is 0 Å². The van der Waals surface area contributed by atoms with Gasteiger partial charge in [-0.25, -0.2) is 8.78 Å². The van der Waals surface area contributed by atoms with Crippen LogP contribution in [0.15, 0.2) is 16.6 Å². The van der Waals surface area contributed by atoms with Gasteiger partial charge in [-0.2, -0.15) is 0 Å². The molecule has 0 saturated carbocycles. The Balaban J connectivity index is 2.45. The second-order valence-corrected chi connectivity index (χ2v) is 5.48. The second-order valence-electron chi connectivity index (χ2n) is 4.62. The molecule has 0 radical (unpaired) electrons. The Morgan fingerprint density at radius 1 is 1.37 bits per heavy atom. The van der Waals surface area contributed by atoms with E-state index in [1.54, 1.807) is 0 Å². The maximum Gasteiger partial charge on any atom is 0.233 e. The Morgan fingerprint density at radius 2 is 2.05 bits per heavy atom. The molecule has 0 fully saturated rings. The molecule has 0 unspecified atom stereocenters. The molecule has 0 aromatic heterocycles. The molecule has 0 spiro atoms. The molecule has 1 aromatic rings. The zero-order valence-electron chi connectivity index (χ0n) is 10.9. The molecule has 6 heteroatoms. The first kappa shape index (κ1) is 16.0. The number of nitrogens with one attached hydrogen (secondary N) is 2. The van der Waals surface area contributed by atoms with Crippen molar-refractivity contribution < 1.29 is 13.6 Å². The molecule has 19 heavy (non-hydrogen) atoms. The van der Waals surface area contributed by atoms with E-state index < -0.39 is 11.6 Å². The Hall–Kier alpha value is -1.01. The molecular weight excluding hydrogens is 318 g/mol. The predicted octanol–water partition coefficient (Wildman–Crippen LogP) is 2.59. The van der Waals surface area contributed by atoms with Crippen LogP contribution in [0, 0.1) is 17.6 Å². The second kappa shape index (κ2) is 7.55. The van der Waals surface area contributed by atoms with Gasteiger partial charge >= 0.3 is 0 Å². The highest BCUT2D eigenvalue weighted by molar-refractivity contribution is 9.10. The van der Waals surface area contributed by atoms with Crippen LogP contribution in [-0.4, -0.2) is 19.0 Å². The SMILES string of the molecule is CC(C)CNC(=O)CNCc1c(F)ccc(Br)c1F. The monoisotopic (exact) mass is 334 g/mol. The lowest BCUT2D eigenvalue weighted by Gasteiger charge is -2.10. The average molecular weight is 335 g/mol. The number of hydrogen-bond acceptors (Lipinski definition) is 2. The Bertz CT molecular complexity index is 453. The fourth-order valence-corrected chi connectivity index (χ4v) is 1.78. The first-order chi connectivity index (χ1) is 8.91. The molecule has 0 atom stereocenters. The number of benzene rings is 1. The van der Waals surface area contributed by atoms with Crippen molar-refractivity contribution in [2.24, 2.45) is 5.92 Å². The van der Waals surface area contributed by atoms with Gasteiger partial charge in [-0.1, -0.05) is 13.8 Å². The minimum atomic E-state index is -0.643. The summed E-state index contributed by atoms with van der Waals surface area (Å²) in [4.78, 5) is 11.4. The normalized spacial score (nSPS) is 10.8. The topological polar surface area (TPSA) is 41.1 Å². The fraction of sp³-hybridized carbons (Fsp3) is 0.462. The summed E-state index contributed by atoms with van der Waals surface area (Å²) in [6.07, 6.45) is 0. The molecule has 0 aliphatic rings. The van der Waals surface area contributed by atoms with Crippen LogP contribution < -0.4 is 10.6 Å². The van der Waals surface area contributed by atoms with E-state index in [0.29, 0.717) is 12.5 Å². The van der Waals surface area contributed by atoms with Crippen LogP contribution in [0.2, 0.25) is 0 Å². The zero-order chi connectivity index (χ0) is 14.4. The Morgan fingerprint density at radius 3 is 2.68 bits per heavy atom. The lowest BCUT2D eigenvalue weighted by molar-refractivity contribution is -0.120. The summed E-state index contributed by atoms with van der Waals surface area (Å²) in [5, 5.41) is 5.43. The highest BCUT2D eigenvalue weighted by Gasteiger charge is 2.12. The van der Waals surface area contributed by atoms with Crippen molar-refractivity contribution in [2.75, 3.05) is 13.1 Å². The molecule has 0 aliphatic heterocycles. The van der Waals surface area contributed by atoms with E-state index in [1.165, 1.54) is 12.1 Å². The molecule has 106 valence electrons. The Kier molecular flexibility index (Phi) is 6.37. The first-order valence-electron chi connectivity index (χ1n) is 6.01. The van der Waals surface area contributed by atoms with Gasteiger partial charge in [-0.05, 0) is 34.0 Å². The predicted molar refractivity (Wildman–Crippen MR) is 73.6 cm³/mol. The lowest BCUT2D eigenvalue weighted by Crippen LogP contribution is -2.35. The molecular formula is C13H17BrF2N2O. The molecule has 0 saturated heterocycles. The standard InChI is InChI=1S/C13H17BrF2N2O/c1-8(2)5-18-12(19)7-17-6-9-11(15)4-3-10(14)13(9)16/h3-4,8,17H,5-7H2,1-2H3,(H,18,19). The lowest BCUT2D eigenvalue weighted by atomic mass is 10.2. The van der Waals surface area contributed by atoms with E-state index in [9.17, 15) is 13.6 Å². The van der Waals surface area contributed by atoms with Gasteiger partial charge in [0.25, 0.3) is 0 Å². The van der Waals surface area contributed by atoms with Crippen LogP contribution in [-0.2, 0) is 11.3 Å². The third-order valence-corrected chi connectivity index (χ3v) is 3.05. The van der Waals surface area contributed by atoms with Crippen molar-refractivity contribution in [2.45, 2.75) is 20.4 Å². The van der Waals surface area contributed by atoms with Crippen LogP contribution in [0.4, 0.5) is 8.78 Å². The van der Waals surface area contributed by atoms with Crippen LogP contribution in [0.25, 0.3) is 0 Å². The number of carbonyl (C=O) groups is 1. The van der Waals surface area contributed by atoms with Gasteiger partial charge in [0.05, 0.1) is 11.0 Å². The molecule has 1 amide bonds. The third-order valence-electron chi connectivity index (χ3n) is 2.43. The summed E-state index contributed by atoms with van der Waals surface area (Å²) in [5.41, 5.74) is -0.0777. The van der Waals surface area contributed by atoms with Crippen LogP contribution >= 0.6 is 15.9 Å². The number of amides is 1. The van der Waals surface area contributed by atoms with E-state index in [1.807, 2.05) is 13.8 Å². The summed E-state index contributed by atoms with van der Waals surface area (Å²) in [5.74, 6) is -1.10. The Labute approximate surface area is 119 Å². The summed E-state index contributed by atoms with van der Waals surface area (Å²) in [6.45, 7) is 4.55. The van der Waals surface area contributed by atoms with Crippen molar-refractivity contribution in [1.82, 2.24) is 10.6 Å².